The Bertz CT molecular complexity index is 775. The fourth-order valence-corrected chi connectivity index (χ4v) is 7.41. The number of carbonyl (C=O) groups is 3. The molecule has 6 heteroatoms. The minimum absolute atomic E-state index is 0.0682. The maximum Gasteiger partial charge on any atom is 0.321 e. The zero-order chi connectivity index (χ0) is 21.0. The highest BCUT2D eigenvalue weighted by atomic mass is 35.5. The van der Waals surface area contributed by atoms with Gasteiger partial charge in [-0.15, -0.1) is 11.6 Å². The van der Waals surface area contributed by atoms with Gasteiger partial charge in [0.2, 0.25) is 5.78 Å². The number of hydrogen-bond acceptors (Lipinski definition) is 5. The molecule has 1 N–H and O–H groups in total. The SMILES string of the molecule is CC12CCC(=O)C=C1CCC1C2CCC2(C)C1CCC2(O)C(=O)COC(=O)CCl. The van der Waals surface area contributed by atoms with Gasteiger partial charge in [0, 0.05) is 11.8 Å². The maximum absolute atomic E-state index is 12.9. The van der Waals surface area contributed by atoms with E-state index < -0.39 is 29.4 Å². The van der Waals surface area contributed by atoms with E-state index in [0.717, 1.165) is 38.5 Å². The van der Waals surface area contributed by atoms with Crippen molar-refractivity contribution in [1.29, 1.82) is 0 Å². The molecule has 4 aliphatic carbocycles. The van der Waals surface area contributed by atoms with E-state index in [1.807, 2.05) is 6.08 Å². The van der Waals surface area contributed by atoms with Crippen molar-refractivity contribution < 1.29 is 24.2 Å². The van der Waals surface area contributed by atoms with E-state index in [0.29, 0.717) is 24.7 Å². The standard InChI is InChI=1S/C23H31ClO5/c1-21-8-5-15(25)11-14(21)3-4-16-17(21)6-9-22(2)18(16)7-10-23(22,28)19(26)13-29-20(27)12-24/h11,16-18,28H,3-10,12-13H2,1-2H3. The molecule has 160 valence electrons. The number of carbonyl (C=O) groups excluding carboxylic acids is 3. The van der Waals surface area contributed by atoms with E-state index >= 15 is 0 Å². The number of halogens is 1. The predicted molar refractivity (Wildman–Crippen MR) is 108 cm³/mol. The van der Waals surface area contributed by atoms with Crippen LogP contribution in [0.25, 0.3) is 0 Å². The van der Waals surface area contributed by atoms with Crippen molar-refractivity contribution in [2.75, 3.05) is 12.5 Å². The monoisotopic (exact) mass is 422 g/mol. The fraction of sp³-hybridized carbons (Fsp3) is 0.783. The topological polar surface area (TPSA) is 80.7 Å². The second-order valence-corrected chi connectivity index (χ2v) is 10.3. The highest BCUT2D eigenvalue weighted by Crippen LogP contribution is 2.67. The first-order valence-corrected chi connectivity index (χ1v) is 11.4. The first-order valence-electron chi connectivity index (χ1n) is 10.9. The molecule has 4 aliphatic rings. The highest BCUT2D eigenvalue weighted by Gasteiger charge is 2.66. The molecule has 0 aromatic rings. The summed E-state index contributed by atoms with van der Waals surface area (Å²) in [4.78, 5) is 36.2. The average Bonchev–Trinajstić information content (AvgIpc) is 2.98. The van der Waals surface area contributed by atoms with Crippen molar-refractivity contribution in [3.05, 3.63) is 11.6 Å². The number of rotatable bonds is 4. The number of fused-ring (bicyclic) bond motifs is 5. The Hall–Kier alpha value is -1.20. The van der Waals surface area contributed by atoms with Crippen LogP contribution >= 0.6 is 11.6 Å². The molecule has 29 heavy (non-hydrogen) atoms. The molecule has 0 aromatic heterocycles. The number of alkyl halides is 1. The highest BCUT2D eigenvalue weighted by molar-refractivity contribution is 6.26. The largest absolute Gasteiger partial charge is 0.457 e. The lowest BCUT2D eigenvalue weighted by molar-refractivity contribution is -0.169. The number of esters is 1. The Kier molecular flexibility index (Phi) is 5.22. The lowest BCUT2D eigenvalue weighted by atomic mass is 9.46. The van der Waals surface area contributed by atoms with Crippen molar-refractivity contribution >= 4 is 29.1 Å². The summed E-state index contributed by atoms with van der Waals surface area (Å²) >= 11 is 5.45. The quantitative estimate of drug-likeness (QED) is 0.553. The van der Waals surface area contributed by atoms with Gasteiger partial charge in [-0.05, 0) is 74.2 Å². The molecule has 6 atom stereocenters. The van der Waals surface area contributed by atoms with Crippen molar-refractivity contribution in [1.82, 2.24) is 0 Å². The van der Waals surface area contributed by atoms with E-state index in [2.05, 4.69) is 13.8 Å². The summed E-state index contributed by atoms with van der Waals surface area (Å²) < 4.78 is 4.94. The first-order chi connectivity index (χ1) is 13.7. The van der Waals surface area contributed by atoms with E-state index in [1.165, 1.54) is 5.57 Å². The Morgan fingerprint density at radius 3 is 2.59 bits per heavy atom. The number of hydrogen-bond donors (Lipinski definition) is 1. The van der Waals surface area contributed by atoms with Gasteiger partial charge in [-0.25, -0.2) is 0 Å². The predicted octanol–water partition coefficient (Wildman–Crippen LogP) is 3.60. The van der Waals surface area contributed by atoms with E-state index in [1.54, 1.807) is 0 Å². The minimum Gasteiger partial charge on any atom is -0.457 e. The summed E-state index contributed by atoms with van der Waals surface area (Å²) in [5.41, 5.74) is -0.565. The third-order valence-corrected chi connectivity index (χ3v) is 9.27. The molecule has 4 rings (SSSR count). The van der Waals surface area contributed by atoms with Gasteiger partial charge in [0.25, 0.3) is 0 Å². The van der Waals surface area contributed by atoms with Crippen molar-refractivity contribution in [2.24, 2.45) is 28.6 Å². The molecule has 0 aromatic carbocycles. The van der Waals surface area contributed by atoms with Crippen molar-refractivity contribution in [3.8, 4) is 0 Å². The van der Waals surface area contributed by atoms with Crippen LogP contribution in [0.5, 0.6) is 0 Å². The molecular formula is C23H31ClO5. The van der Waals surface area contributed by atoms with Gasteiger partial charge in [0.05, 0.1) is 0 Å². The maximum atomic E-state index is 12.9. The molecule has 5 nitrogen and oxygen atoms in total. The van der Waals surface area contributed by atoms with Crippen LogP contribution in [0.3, 0.4) is 0 Å². The van der Waals surface area contributed by atoms with Gasteiger partial charge >= 0.3 is 5.97 Å². The van der Waals surface area contributed by atoms with Crippen LogP contribution in [0.1, 0.15) is 65.2 Å². The van der Waals surface area contributed by atoms with Gasteiger partial charge in [-0.3, -0.25) is 14.4 Å². The molecule has 3 fully saturated rings. The second kappa shape index (κ2) is 7.19. The summed E-state index contributed by atoms with van der Waals surface area (Å²) in [6.07, 6.45) is 8.37. The lowest BCUT2D eigenvalue weighted by Crippen LogP contribution is -2.58. The molecule has 0 amide bonds. The first kappa shape index (κ1) is 21.0. The van der Waals surface area contributed by atoms with Crippen LogP contribution < -0.4 is 0 Å². The number of ketones is 2. The lowest BCUT2D eigenvalue weighted by Gasteiger charge is -2.58. The normalized spacial score (nSPS) is 43.7. The van der Waals surface area contributed by atoms with E-state index in [4.69, 9.17) is 16.3 Å². The molecule has 0 saturated heterocycles. The summed E-state index contributed by atoms with van der Waals surface area (Å²) in [5, 5.41) is 11.5. The summed E-state index contributed by atoms with van der Waals surface area (Å²) in [6, 6.07) is 0. The van der Waals surface area contributed by atoms with Crippen LogP contribution in [0.15, 0.2) is 11.6 Å². The average molecular weight is 423 g/mol. The van der Waals surface area contributed by atoms with Gasteiger partial charge in [-0.1, -0.05) is 19.4 Å². The molecule has 3 saturated carbocycles. The van der Waals surface area contributed by atoms with E-state index in [-0.39, 0.29) is 23.0 Å². The molecule has 0 heterocycles. The van der Waals surface area contributed by atoms with Crippen molar-refractivity contribution in [3.63, 3.8) is 0 Å². The van der Waals surface area contributed by atoms with Crippen LogP contribution in [0.4, 0.5) is 0 Å². The summed E-state index contributed by atoms with van der Waals surface area (Å²) in [6.45, 7) is 3.97. The third kappa shape index (κ3) is 3.03. The van der Waals surface area contributed by atoms with Crippen LogP contribution in [0, 0.1) is 28.6 Å². The minimum atomic E-state index is -1.45. The number of aliphatic hydroxyl groups is 1. The Labute approximate surface area is 177 Å². The summed E-state index contributed by atoms with van der Waals surface area (Å²) in [7, 11) is 0. The van der Waals surface area contributed by atoms with Gasteiger partial charge in [0.15, 0.2) is 12.4 Å². The molecule has 6 unspecified atom stereocenters. The van der Waals surface area contributed by atoms with Gasteiger partial charge < -0.3 is 9.84 Å². The third-order valence-electron chi connectivity index (χ3n) is 9.05. The zero-order valence-electron chi connectivity index (χ0n) is 17.3. The number of ether oxygens (including phenoxy) is 1. The Morgan fingerprint density at radius 2 is 1.86 bits per heavy atom. The Balaban J connectivity index is 1.57. The fourth-order valence-electron chi connectivity index (χ4n) is 7.34. The summed E-state index contributed by atoms with van der Waals surface area (Å²) in [5.74, 6) is 0.144. The van der Waals surface area contributed by atoms with Crippen LogP contribution in [0.2, 0.25) is 0 Å². The number of allylic oxidation sites excluding steroid dienone is 1. The smallest absolute Gasteiger partial charge is 0.321 e. The molecule has 0 bridgehead atoms. The zero-order valence-corrected chi connectivity index (χ0v) is 18.1. The van der Waals surface area contributed by atoms with Crippen LogP contribution in [-0.4, -0.2) is 40.7 Å². The van der Waals surface area contributed by atoms with E-state index in [9.17, 15) is 19.5 Å². The Morgan fingerprint density at radius 1 is 1.14 bits per heavy atom. The molecule has 0 radical (unpaired) electrons. The second-order valence-electron chi connectivity index (χ2n) is 10.0. The molecule has 0 aliphatic heterocycles. The van der Waals surface area contributed by atoms with Crippen molar-refractivity contribution in [2.45, 2.75) is 70.8 Å². The molecule has 0 spiro atoms. The van der Waals surface area contributed by atoms with Gasteiger partial charge in [0.1, 0.15) is 11.5 Å². The van der Waals surface area contributed by atoms with Crippen LogP contribution in [-0.2, 0) is 19.1 Å². The number of Topliss-reactive ketones (excluding diaryl/α,β-unsaturated/α-hetero) is 1. The van der Waals surface area contributed by atoms with Gasteiger partial charge in [-0.2, -0.15) is 0 Å². The molecular weight excluding hydrogens is 392 g/mol.